The molecule has 3 N–H and O–H groups in total. The summed E-state index contributed by atoms with van der Waals surface area (Å²) < 4.78 is 31.6. The van der Waals surface area contributed by atoms with Gasteiger partial charge in [-0.3, -0.25) is 5.32 Å². The van der Waals surface area contributed by atoms with Crippen LogP contribution in [0, 0.1) is 0 Å². The molecule has 21 heavy (non-hydrogen) atoms. The first kappa shape index (κ1) is 16.0. The van der Waals surface area contributed by atoms with E-state index in [0.717, 1.165) is 0 Å². The highest BCUT2D eigenvalue weighted by Crippen LogP contribution is 2.57. The minimum absolute atomic E-state index is 0.130. The van der Waals surface area contributed by atoms with Crippen molar-refractivity contribution in [1.29, 1.82) is 0 Å². The van der Waals surface area contributed by atoms with Crippen LogP contribution in [0.25, 0.3) is 0 Å². The summed E-state index contributed by atoms with van der Waals surface area (Å²) in [5, 5.41) is 2.60. The van der Waals surface area contributed by atoms with Crippen molar-refractivity contribution in [1.82, 2.24) is 0 Å². The predicted octanol–water partition coefficient (Wildman–Crippen LogP) is 3.88. The molecule has 1 aliphatic rings. The van der Waals surface area contributed by atoms with Crippen LogP contribution in [0.15, 0.2) is 18.2 Å². The van der Waals surface area contributed by atoms with Gasteiger partial charge in [-0.15, -0.1) is 0 Å². The molecule has 7 heteroatoms. The topological polar surface area (TPSA) is 64.3 Å². The Hall–Kier alpha value is -1.40. The molecular weight excluding hydrogens is 302 g/mol. The lowest BCUT2D eigenvalue weighted by Crippen LogP contribution is -2.28. The van der Waals surface area contributed by atoms with Gasteiger partial charge in [-0.05, 0) is 38.5 Å². The van der Waals surface area contributed by atoms with Gasteiger partial charge in [-0.2, -0.15) is 0 Å². The third-order valence-corrected chi connectivity index (χ3v) is 3.46. The Morgan fingerprint density at radius 2 is 2.00 bits per heavy atom. The molecule has 0 saturated heterocycles. The highest BCUT2D eigenvalue weighted by Gasteiger charge is 2.69. The van der Waals surface area contributed by atoms with Gasteiger partial charge in [0.15, 0.2) is 0 Å². The third-order valence-electron chi connectivity index (χ3n) is 3.15. The molecular formula is C14H17ClF2N2O2. The SMILES string of the molecule is CC(C)(C)OC(=O)Nc1ccc(C2(N)CC2(F)F)cc1Cl. The van der Waals surface area contributed by atoms with Gasteiger partial charge >= 0.3 is 6.09 Å². The first-order chi connectivity index (χ1) is 9.45. The molecule has 0 bridgehead atoms. The number of anilines is 1. The van der Waals surface area contributed by atoms with Crippen LogP contribution < -0.4 is 11.1 Å². The van der Waals surface area contributed by atoms with Crippen LogP contribution in [0.4, 0.5) is 19.3 Å². The van der Waals surface area contributed by atoms with E-state index in [4.69, 9.17) is 22.1 Å². The van der Waals surface area contributed by atoms with Crippen molar-refractivity contribution in [2.75, 3.05) is 5.32 Å². The maximum Gasteiger partial charge on any atom is 0.412 e. The molecule has 1 atom stereocenters. The van der Waals surface area contributed by atoms with Crippen LogP contribution in [-0.4, -0.2) is 17.6 Å². The number of carbonyl (C=O) groups is 1. The fourth-order valence-corrected chi connectivity index (χ4v) is 2.15. The summed E-state index contributed by atoms with van der Waals surface area (Å²) in [6.07, 6.45) is -1.08. The van der Waals surface area contributed by atoms with Crippen molar-refractivity contribution in [2.45, 2.75) is 44.3 Å². The monoisotopic (exact) mass is 318 g/mol. The largest absolute Gasteiger partial charge is 0.444 e. The van der Waals surface area contributed by atoms with Crippen LogP contribution in [0.3, 0.4) is 0 Å². The van der Waals surface area contributed by atoms with Gasteiger partial charge in [0.2, 0.25) is 0 Å². The Morgan fingerprint density at radius 3 is 2.43 bits per heavy atom. The van der Waals surface area contributed by atoms with E-state index in [1.165, 1.54) is 18.2 Å². The molecule has 0 radical (unpaired) electrons. The fourth-order valence-electron chi connectivity index (χ4n) is 1.93. The number of halogens is 3. The molecule has 4 nitrogen and oxygen atoms in total. The molecule has 0 heterocycles. The van der Waals surface area contributed by atoms with Gasteiger partial charge < -0.3 is 10.5 Å². The van der Waals surface area contributed by atoms with E-state index in [0.29, 0.717) is 0 Å². The van der Waals surface area contributed by atoms with Gasteiger partial charge in [0, 0.05) is 6.42 Å². The molecule has 1 saturated carbocycles. The Balaban J connectivity index is 2.12. The second-order valence-corrected chi connectivity index (χ2v) is 6.58. The van der Waals surface area contributed by atoms with E-state index < -0.39 is 29.6 Å². The van der Waals surface area contributed by atoms with E-state index in [-0.39, 0.29) is 16.3 Å². The molecule has 1 unspecified atom stereocenters. The van der Waals surface area contributed by atoms with Gasteiger partial charge in [0.05, 0.1) is 10.7 Å². The number of rotatable bonds is 2. The van der Waals surface area contributed by atoms with Crippen LogP contribution in [-0.2, 0) is 10.3 Å². The molecule has 0 aromatic heterocycles. The van der Waals surface area contributed by atoms with E-state index in [1.54, 1.807) is 20.8 Å². The van der Waals surface area contributed by atoms with Gasteiger partial charge in [-0.1, -0.05) is 17.7 Å². The van der Waals surface area contributed by atoms with Crippen molar-refractivity contribution >= 4 is 23.4 Å². The van der Waals surface area contributed by atoms with Gasteiger partial charge in [0.25, 0.3) is 5.92 Å². The van der Waals surface area contributed by atoms with Crippen molar-refractivity contribution in [3.63, 3.8) is 0 Å². The number of benzene rings is 1. The van der Waals surface area contributed by atoms with Crippen LogP contribution in [0.5, 0.6) is 0 Å². The lowest BCUT2D eigenvalue weighted by molar-refractivity contribution is 0.0635. The first-order valence-electron chi connectivity index (χ1n) is 6.41. The maximum absolute atomic E-state index is 13.2. The molecule has 0 aliphatic heterocycles. The smallest absolute Gasteiger partial charge is 0.412 e. The summed E-state index contributed by atoms with van der Waals surface area (Å²) in [7, 11) is 0. The molecule has 1 fully saturated rings. The molecule has 1 aliphatic carbocycles. The Morgan fingerprint density at radius 1 is 1.43 bits per heavy atom. The molecule has 0 spiro atoms. The van der Waals surface area contributed by atoms with Crippen LogP contribution in [0.1, 0.15) is 32.8 Å². The van der Waals surface area contributed by atoms with Gasteiger partial charge in [-0.25, -0.2) is 13.6 Å². The van der Waals surface area contributed by atoms with Crippen molar-refractivity contribution in [3.8, 4) is 0 Å². The van der Waals surface area contributed by atoms with E-state index >= 15 is 0 Å². The first-order valence-corrected chi connectivity index (χ1v) is 6.79. The predicted molar refractivity (Wildman–Crippen MR) is 76.7 cm³/mol. The second kappa shape index (κ2) is 4.81. The Labute approximate surface area is 126 Å². The number of nitrogens with one attached hydrogen (secondary N) is 1. The number of amides is 1. The van der Waals surface area contributed by atoms with Crippen LogP contribution >= 0.6 is 11.6 Å². The molecule has 2 rings (SSSR count). The fraction of sp³-hybridized carbons (Fsp3) is 0.500. The summed E-state index contributed by atoms with van der Waals surface area (Å²) in [6, 6.07) is 4.21. The number of nitrogens with two attached hydrogens (primary N) is 1. The zero-order valence-electron chi connectivity index (χ0n) is 12.0. The molecule has 116 valence electrons. The Bertz CT molecular complexity index is 587. The molecule has 1 aromatic carbocycles. The van der Waals surface area contributed by atoms with Crippen molar-refractivity contribution in [3.05, 3.63) is 28.8 Å². The zero-order valence-corrected chi connectivity index (χ0v) is 12.7. The quantitative estimate of drug-likeness (QED) is 0.869. The average Bonchev–Trinajstić information content (AvgIpc) is 2.79. The number of hydrogen-bond acceptors (Lipinski definition) is 3. The van der Waals surface area contributed by atoms with E-state index in [1.807, 2.05) is 0 Å². The van der Waals surface area contributed by atoms with E-state index in [2.05, 4.69) is 5.32 Å². The standard InChI is InChI=1S/C14H17ClF2N2O2/c1-12(2,3)21-11(20)19-10-5-4-8(6-9(10)15)13(18)7-14(13,16)17/h4-6H,7,18H2,1-3H3,(H,19,20). The minimum atomic E-state index is -2.92. The lowest BCUT2D eigenvalue weighted by atomic mass is 10.0. The third kappa shape index (κ3) is 3.27. The summed E-state index contributed by atoms with van der Waals surface area (Å²) in [6.45, 7) is 5.18. The zero-order chi connectivity index (χ0) is 16.1. The Kier molecular flexibility index (Phi) is 3.66. The normalized spacial score (nSPS) is 23.6. The van der Waals surface area contributed by atoms with Gasteiger partial charge in [0.1, 0.15) is 11.1 Å². The van der Waals surface area contributed by atoms with Crippen molar-refractivity contribution < 1.29 is 18.3 Å². The summed E-state index contributed by atoms with van der Waals surface area (Å²) in [5.74, 6) is -2.92. The van der Waals surface area contributed by atoms with Crippen LogP contribution in [0.2, 0.25) is 5.02 Å². The number of ether oxygens (including phenoxy) is 1. The number of carbonyl (C=O) groups excluding carboxylic acids is 1. The lowest BCUT2D eigenvalue weighted by Gasteiger charge is -2.20. The minimum Gasteiger partial charge on any atom is -0.444 e. The average molecular weight is 319 g/mol. The molecule has 1 amide bonds. The summed E-state index contributed by atoms with van der Waals surface area (Å²) in [4.78, 5) is 11.6. The highest BCUT2D eigenvalue weighted by atomic mass is 35.5. The van der Waals surface area contributed by atoms with Crippen molar-refractivity contribution in [2.24, 2.45) is 5.73 Å². The highest BCUT2D eigenvalue weighted by molar-refractivity contribution is 6.33. The van der Waals surface area contributed by atoms with E-state index in [9.17, 15) is 13.6 Å². The second-order valence-electron chi connectivity index (χ2n) is 6.17. The summed E-state index contributed by atoms with van der Waals surface area (Å²) in [5.41, 5.74) is 3.84. The number of hydrogen-bond donors (Lipinski definition) is 2. The summed E-state index contributed by atoms with van der Waals surface area (Å²) >= 11 is 6.00. The maximum atomic E-state index is 13.2. The number of alkyl halides is 2. The molecule has 1 aromatic rings.